The average Bonchev–Trinajstić information content (AvgIpc) is 2.57. The minimum Gasteiger partial charge on any atom is -0.471 e. The van der Waals surface area contributed by atoms with E-state index in [1.165, 1.54) is 6.07 Å². The maximum Gasteiger partial charge on any atom is 0.417 e. The second kappa shape index (κ2) is 7.57. The van der Waals surface area contributed by atoms with E-state index in [9.17, 15) is 18.0 Å². The van der Waals surface area contributed by atoms with Crippen LogP contribution in [0.2, 0.25) is 0 Å². The number of alkyl halides is 3. The molecule has 0 bridgehead atoms. The number of amides is 1. The molecule has 4 nitrogen and oxygen atoms in total. The first-order valence-corrected chi connectivity index (χ1v) is 9.08. The summed E-state index contributed by atoms with van der Waals surface area (Å²) in [6, 6.07) is 9.57. The van der Waals surface area contributed by atoms with Crippen molar-refractivity contribution in [1.29, 1.82) is 0 Å². The second-order valence-corrected chi connectivity index (χ2v) is 7.07. The standard InChI is InChI=1S/C18H17F3N2O2S/c1-2-26-15-6-4-3-5-14(15)17(24)23-10-13(11-23)25-16-8-7-12(9-22-16)18(19,20)21/h3-9,13H,2,10-11H2,1H3. The third-order valence-electron chi connectivity index (χ3n) is 3.90. The molecule has 1 aliphatic rings. The lowest BCUT2D eigenvalue weighted by atomic mass is 10.1. The summed E-state index contributed by atoms with van der Waals surface area (Å²) < 4.78 is 43.1. The van der Waals surface area contributed by atoms with E-state index in [0.29, 0.717) is 18.7 Å². The van der Waals surface area contributed by atoms with Crippen molar-refractivity contribution in [3.05, 3.63) is 53.7 Å². The Morgan fingerprint density at radius 1 is 1.27 bits per heavy atom. The number of nitrogens with zero attached hydrogens (tertiary/aromatic N) is 2. The van der Waals surface area contributed by atoms with E-state index in [2.05, 4.69) is 4.98 Å². The van der Waals surface area contributed by atoms with E-state index in [1.807, 2.05) is 25.1 Å². The Hall–Kier alpha value is -2.22. The van der Waals surface area contributed by atoms with Crippen molar-refractivity contribution >= 4 is 17.7 Å². The Morgan fingerprint density at radius 3 is 2.62 bits per heavy atom. The van der Waals surface area contributed by atoms with Gasteiger partial charge in [-0.2, -0.15) is 13.2 Å². The van der Waals surface area contributed by atoms with Crippen molar-refractivity contribution < 1.29 is 22.7 Å². The van der Waals surface area contributed by atoms with Crippen LogP contribution in [-0.2, 0) is 6.18 Å². The van der Waals surface area contributed by atoms with Crippen LogP contribution in [0.25, 0.3) is 0 Å². The van der Waals surface area contributed by atoms with Crippen LogP contribution in [0.15, 0.2) is 47.5 Å². The van der Waals surface area contributed by atoms with Gasteiger partial charge in [0.15, 0.2) is 0 Å². The number of ether oxygens (including phenoxy) is 1. The fourth-order valence-corrected chi connectivity index (χ4v) is 3.36. The van der Waals surface area contributed by atoms with Crippen LogP contribution >= 0.6 is 11.8 Å². The van der Waals surface area contributed by atoms with Gasteiger partial charge in [-0.3, -0.25) is 4.79 Å². The Kier molecular flexibility index (Phi) is 5.41. The highest BCUT2D eigenvalue weighted by molar-refractivity contribution is 7.99. The van der Waals surface area contributed by atoms with Crippen molar-refractivity contribution in [2.24, 2.45) is 0 Å². The molecule has 0 spiro atoms. The van der Waals surface area contributed by atoms with Gasteiger partial charge in [0.25, 0.3) is 5.91 Å². The lowest BCUT2D eigenvalue weighted by molar-refractivity contribution is -0.137. The molecule has 1 aromatic heterocycles. The Morgan fingerprint density at radius 2 is 2.00 bits per heavy atom. The van der Waals surface area contributed by atoms with Crippen LogP contribution in [0, 0.1) is 0 Å². The number of hydrogen-bond acceptors (Lipinski definition) is 4. The summed E-state index contributed by atoms with van der Waals surface area (Å²) in [4.78, 5) is 18.9. The monoisotopic (exact) mass is 382 g/mol. The number of thioether (sulfide) groups is 1. The first-order chi connectivity index (χ1) is 12.4. The molecular weight excluding hydrogens is 365 g/mol. The first kappa shape index (κ1) is 18.6. The summed E-state index contributed by atoms with van der Waals surface area (Å²) >= 11 is 1.61. The summed E-state index contributed by atoms with van der Waals surface area (Å²) in [7, 11) is 0. The van der Waals surface area contributed by atoms with Crippen LogP contribution in [0.1, 0.15) is 22.8 Å². The summed E-state index contributed by atoms with van der Waals surface area (Å²) in [6.07, 6.45) is -3.95. The van der Waals surface area contributed by atoms with E-state index in [0.717, 1.165) is 22.9 Å². The largest absolute Gasteiger partial charge is 0.471 e. The van der Waals surface area contributed by atoms with Gasteiger partial charge in [-0.15, -0.1) is 11.8 Å². The van der Waals surface area contributed by atoms with Crippen LogP contribution < -0.4 is 4.74 Å². The van der Waals surface area contributed by atoms with Crippen LogP contribution in [0.3, 0.4) is 0 Å². The summed E-state index contributed by atoms with van der Waals surface area (Å²) in [5.74, 6) is 0.925. The Labute approximate surface area is 153 Å². The van der Waals surface area contributed by atoms with E-state index in [-0.39, 0.29) is 17.9 Å². The molecule has 1 amide bonds. The van der Waals surface area contributed by atoms with E-state index in [1.54, 1.807) is 22.7 Å². The molecule has 0 N–H and O–H groups in total. The fraction of sp³-hybridized carbons (Fsp3) is 0.333. The molecule has 138 valence electrons. The lowest BCUT2D eigenvalue weighted by Crippen LogP contribution is -2.56. The highest BCUT2D eigenvalue weighted by Crippen LogP contribution is 2.30. The molecule has 1 saturated heterocycles. The highest BCUT2D eigenvalue weighted by atomic mass is 32.2. The van der Waals surface area contributed by atoms with Gasteiger partial charge in [0.05, 0.1) is 24.2 Å². The zero-order valence-corrected chi connectivity index (χ0v) is 14.8. The number of aromatic nitrogens is 1. The van der Waals surface area contributed by atoms with E-state index in [4.69, 9.17) is 4.74 Å². The molecule has 2 aromatic rings. The quantitative estimate of drug-likeness (QED) is 0.730. The molecule has 1 aliphatic heterocycles. The highest BCUT2D eigenvalue weighted by Gasteiger charge is 2.34. The van der Waals surface area contributed by atoms with Gasteiger partial charge in [0, 0.05) is 17.2 Å². The maximum atomic E-state index is 12.6. The predicted octanol–water partition coefficient (Wildman–Crippen LogP) is 4.12. The van der Waals surface area contributed by atoms with Crippen molar-refractivity contribution in [3.63, 3.8) is 0 Å². The molecule has 0 aliphatic carbocycles. The minimum absolute atomic E-state index is 0.0678. The number of rotatable bonds is 5. The predicted molar refractivity (Wildman–Crippen MR) is 92.4 cm³/mol. The first-order valence-electron chi connectivity index (χ1n) is 8.09. The Balaban J connectivity index is 1.57. The number of pyridine rings is 1. The van der Waals surface area contributed by atoms with Crippen molar-refractivity contribution in [3.8, 4) is 5.88 Å². The van der Waals surface area contributed by atoms with Gasteiger partial charge in [-0.25, -0.2) is 4.98 Å². The number of hydrogen-bond donors (Lipinski definition) is 0. The smallest absolute Gasteiger partial charge is 0.417 e. The molecule has 1 aromatic carbocycles. The maximum absolute atomic E-state index is 12.6. The Bertz CT molecular complexity index is 775. The number of benzene rings is 1. The second-order valence-electron chi connectivity index (χ2n) is 5.76. The van der Waals surface area contributed by atoms with Gasteiger partial charge >= 0.3 is 6.18 Å². The third kappa shape index (κ3) is 4.12. The van der Waals surface area contributed by atoms with E-state index < -0.39 is 11.7 Å². The number of likely N-dealkylation sites (tertiary alicyclic amines) is 1. The average molecular weight is 382 g/mol. The third-order valence-corrected chi connectivity index (χ3v) is 4.86. The summed E-state index contributed by atoms with van der Waals surface area (Å²) in [5.41, 5.74) is -0.161. The van der Waals surface area contributed by atoms with Crippen LogP contribution in [0.5, 0.6) is 5.88 Å². The topological polar surface area (TPSA) is 42.4 Å². The number of halogens is 3. The molecule has 0 unspecified atom stereocenters. The number of carbonyl (C=O) groups excluding carboxylic acids is 1. The molecule has 3 rings (SSSR count). The van der Waals surface area contributed by atoms with Crippen LogP contribution in [0.4, 0.5) is 13.2 Å². The normalized spacial score (nSPS) is 14.8. The van der Waals surface area contributed by atoms with Crippen molar-refractivity contribution in [2.75, 3.05) is 18.8 Å². The minimum atomic E-state index is -4.42. The molecule has 0 saturated carbocycles. The van der Waals surface area contributed by atoms with Crippen molar-refractivity contribution in [1.82, 2.24) is 9.88 Å². The fourth-order valence-electron chi connectivity index (χ4n) is 2.56. The molecule has 2 heterocycles. The summed E-state index contributed by atoms with van der Waals surface area (Å²) in [5, 5.41) is 0. The van der Waals surface area contributed by atoms with Crippen molar-refractivity contribution in [2.45, 2.75) is 24.1 Å². The van der Waals surface area contributed by atoms with Crippen LogP contribution in [-0.4, -0.2) is 40.7 Å². The van der Waals surface area contributed by atoms with Gasteiger partial charge in [-0.05, 0) is 24.0 Å². The lowest BCUT2D eigenvalue weighted by Gasteiger charge is -2.38. The van der Waals surface area contributed by atoms with E-state index >= 15 is 0 Å². The molecular formula is C18H17F3N2O2S. The zero-order chi connectivity index (χ0) is 18.7. The molecule has 26 heavy (non-hydrogen) atoms. The molecule has 0 radical (unpaired) electrons. The molecule has 8 heteroatoms. The number of carbonyl (C=O) groups is 1. The molecule has 0 atom stereocenters. The van der Waals surface area contributed by atoms with Gasteiger partial charge < -0.3 is 9.64 Å². The van der Waals surface area contributed by atoms with Gasteiger partial charge in [0.1, 0.15) is 6.10 Å². The zero-order valence-electron chi connectivity index (χ0n) is 14.0. The van der Waals surface area contributed by atoms with Gasteiger partial charge in [0.2, 0.25) is 5.88 Å². The van der Waals surface area contributed by atoms with Gasteiger partial charge in [-0.1, -0.05) is 19.1 Å². The molecule has 1 fully saturated rings. The summed E-state index contributed by atoms with van der Waals surface area (Å²) in [6.45, 7) is 2.79. The SMILES string of the molecule is CCSc1ccccc1C(=O)N1CC(Oc2ccc(C(F)(F)F)cn2)C1.